The van der Waals surface area contributed by atoms with Crippen LogP contribution in [-0.4, -0.2) is 21.3 Å². The maximum atomic E-state index is 9.16. The number of nitriles is 1. The van der Waals surface area contributed by atoms with E-state index in [1.54, 1.807) is 0 Å². The lowest BCUT2D eigenvalue weighted by Crippen LogP contribution is -2.12. The van der Waals surface area contributed by atoms with Crippen molar-refractivity contribution in [3.8, 4) is 6.07 Å². The number of aromatic nitrogens is 3. The highest BCUT2D eigenvalue weighted by molar-refractivity contribution is 5.59. The molecule has 98 valence electrons. The zero-order valence-corrected chi connectivity index (χ0v) is 11.4. The Bertz CT molecular complexity index is 621. The van der Waals surface area contributed by atoms with Crippen LogP contribution in [0.3, 0.4) is 0 Å². The molecule has 0 aliphatic carbocycles. The molecule has 0 bridgehead atoms. The van der Waals surface area contributed by atoms with Crippen molar-refractivity contribution in [2.75, 3.05) is 11.9 Å². The van der Waals surface area contributed by atoms with Crippen LogP contribution in [0.5, 0.6) is 0 Å². The number of nitrogens with zero attached hydrogens (tertiary/aromatic N) is 4. The van der Waals surface area contributed by atoms with Gasteiger partial charge < -0.3 is 5.32 Å². The van der Waals surface area contributed by atoms with E-state index in [2.05, 4.69) is 21.5 Å². The van der Waals surface area contributed by atoms with E-state index in [0.717, 1.165) is 35.7 Å². The fourth-order valence-corrected chi connectivity index (χ4v) is 2.00. The van der Waals surface area contributed by atoms with Crippen LogP contribution in [0.4, 0.5) is 5.69 Å². The van der Waals surface area contributed by atoms with Crippen molar-refractivity contribution in [3.63, 3.8) is 0 Å². The highest BCUT2D eigenvalue weighted by Crippen LogP contribution is 2.18. The Labute approximate surface area is 112 Å². The molecule has 0 aliphatic rings. The number of pyridine rings is 1. The van der Waals surface area contributed by atoms with E-state index in [-0.39, 0.29) is 0 Å². The largest absolute Gasteiger partial charge is 0.382 e. The van der Waals surface area contributed by atoms with Crippen molar-refractivity contribution in [3.05, 3.63) is 41.0 Å². The minimum atomic E-state index is 0.613. The number of anilines is 1. The zero-order chi connectivity index (χ0) is 13.8. The minimum absolute atomic E-state index is 0.613. The molecule has 0 fully saturated rings. The molecule has 0 aromatic carbocycles. The van der Waals surface area contributed by atoms with Crippen molar-refractivity contribution in [1.29, 1.82) is 5.26 Å². The van der Waals surface area contributed by atoms with Crippen LogP contribution in [0.25, 0.3) is 0 Å². The molecule has 0 radical (unpaired) electrons. The number of rotatable bonds is 4. The standard InChI is InChI=1S/C14H17N5/c1-10-8-17-19(9-10)5-4-16-14-6-11(2)18-12(3)13(14)7-15/h6,8-9H,4-5H2,1-3H3,(H,16,18). The molecule has 2 aromatic rings. The molecule has 2 rings (SSSR count). The molecule has 0 atom stereocenters. The van der Waals surface area contributed by atoms with Gasteiger partial charge in [0.05, 0.1) is 29.7 Å². The molecule has 5 nitrogen and oxygen atoms in total. The summed E-state index contributed by atoms with van der Waals surface area (Å²) in [4.78, 5) is 4.29. The summed E-state index contributed by atoms with van der Waals surface area (Å²) < 4.78 is 1.88. The molecule has 0 unspecified atom stereocenters. The zero-order valence-electron chi connectivity index (χ0n) is 11.4. The minimum Gasteiger partial charge on any atom is -0.382 e. The summed E-state index contributed by atoms with van der Waals surface area (Å²) in [6.07, 6.45) is 3.83. The van der Waals surface area contributed by atoms with Gasteiger partial charge in [-0.2, -0.15) is 10.4 Å². The van der Waals surface area contributed by atoms with Crippen LogP contribution in [0, 0.1) is 32.1 Å². The second kappa shape index (κ2) is 5.53. The summed E-state index contributed by atoms with van der Waals surface area (Å²) >= 11 is 0. The van der Waals surface area contributed by atoms with Crippen LogP contribution in [0.2, 0.25) is 0 Å². The van der Waals surface area contributed by atoms with Crippen molar-refractivity contribution in [1.82, 2.24) is 14.8 Å². The van der Waals surface area contributed by atoms with E-state index in [9.17, 15) is 0 Å². The highest BCUT2D eigenvalue weighted by atomic mass is 15.3. The summed E-state index contributed by atoms with van der Waals surface area (Å²) in [6.45, 7) is 7.28. The van der Waals surface area contributed by atoms with Crippen molar-refractivity contribution >= 4 is 5.69 Å². The SMILES string of the molecule is Cc1cnn(CCNc2cc(C)nc(C)c2C#N)c1. The number of hydrogen-bond donors (Lipinski definition) is 1. The summed E-state index contributed by atoms with van der Waals surface area (Å²) in [5.41, 5.74) is 4.28. The monoisotopic (exact) mass is 255 g/mol. The van der Waals surface area contributed by atoms with Crippen molar-refractivity contribution < 1.29 is 0 Å². The van der Waals surface area contributed by atoms with Crippen LogP contribution < -0.4 is 5.32 Å². The van der Waals surface area contributed by atoms with E-state index in [0.29, 0.717) is 5.56 Å². The Morgan fingerprint density at radius 3 is 2.79 bits per heavy atom. The topological polar surface area (TPSA) is 66.5 Å². The first kappa shape index (κ1) is 13.1. The van der Waals surface area contributed by atoms with Gasteiger partial charge in [0.1, 0.15) is 6.07 Å². The number of nitrogens with one attached hydrogen (secondary N) is 1. The number of aryl methyl sites for hydroxylation is 3. The molecular formula is C14H17N5. The Morgan fingerprint density at radius 1 is 1.37 bits per heavy atom. The van der Waals surface area contributed by atoms with E-state index in [1.165, 1.54) is 0 Å². The van der Waals surface area contributed by atoms with E-state index in [4.69, 9.17) is 5.26 Å². The van der Waals surface area contributed by atoms with Crippen LogP contribution in [0.15, 0.2) is 18.5 Å². The van der Waals surface area contributed by atoms with Gasteiger partial charge in [-0.1, -0.05) is 0 Å². The second-order valence-electron chi connectivity index (χ2n) is 4.59. The molecule has 2 heterocycles. The first-order valence-electron chi connectivity index (χ1n) is 6.21. The highest BCUT2D eigenvalue weighted by Gasteiger charge is 2.07. The van der Waals surface area contributed by atoms with E-state index in [1.807, 2.05) is 43.9 Å². The van der Waals surface area contributed by atoms with Gasteiger partial charge in [0, 0.05) is 18.4 Å². The Hall–Kier alpha value is -2.35. The Kier molecular flexibility index (Phi) is 3.81. The predicted molar refractivity (Wildman–Crippen MR) is 73.9 cm³/mol. The van der Waals surface area contributed by atoms with E-state index >= 15 is 0 Å². The lowest BCUT2D eigenvalue weighted by molar-refractivity contribution is 0.637. The van der Waals surface area contributed by atoms with Gasteiger partial charge in [0.2, 0.25) is 0 Å². The lowest BCUT2D eigenvalue weighted by Gasteiger charge is -2.10. The molecular weight excluding hydrogens is 238 g/mol. The first-order valence-corrected chi connectivity index (χ1v) is 6.21. The fraction of sp³-hybridized carbons (Fsp3) is 0.357. The fourth-order valence-electron chi connectivity index (χ4n) is 2.00. The third-order valence-electron chi connectivity index (χ3n) is 2.86. The molecule has 0 saturated heterocycles. The predicted octanol–water partition coefficient (Wildman–Crippen LogP) is 2.19. The summed E-state index contributed by atoms with van der Waals surface area (Å²) in [5.74, 6) is 0. The van der Waals surface area contributed by atoms with E-state index < -0.39 is 0 Å². The second-order valence-corrected chi connectivity index (χ2v) is 4.59. The van der Waals surface area contributed by atoms with Crippen LogP contribution in [-0.2, 0) is 6.54 Å². The van der Waals surface area contributed by atoms with Gasteiger partial charge in [-0.3, -0.25) is 9.67 Å². The molecule has 5 heteroatoms. The molecule has 2 aromatic heterocycles. The summed E-state index contributed by atoms with van der Waals surface area (Å²) in [5, 5.41) is 16.7. The normalized spacial score (nSPS) is 10.2. The van der Waals surface area contributed by atoms with Gasteiger partial charge >= 0.3 is 0 Å². The Balaban J connectivity index is 2.05. The van der Waals surface area contributed by atoms with Gasteiger partial charge in [-0.05, 0) is 32.4 Å². The van der Waals surface area contributed by atoms with Gasteiger partial charge in [0.25, 0.3) is 0 Å². The molecule has 1 N–H and O–H groups in total. The average Bonchev–Trinajstić information content (AvgIpc) is 2.74. The lowest BCUT2D eigenvalue weighted by atomic mass is 10.1. The first-order chi connectivity index (χ1) is 9.10. The van der Waals surface area contributed by atoms with Gasteiger partial charge in [-0.25, -0.2) is 0 Å². The summed E-state index contributed by atoms with van der Waals surface area (Å²) in [6, 6.07) is 4.10. The number of hydrogen-bond acceptors (Lipinski definition) is 4. The van der Waals surface area contributed by atoms with Crippen LogP contribution in [0.1, 0.15) is 22.5 Å². The van der Waals surface area contributed by atoms with Crippen molar-refractivity contribution in [2.45, 2.75) is 27.3 Å². The summed E-state index contributed by atoms with van der Waals surface area (Å²) in [7, 11) is 0. The van der Waals surface area contributed by atoms with Crippen molar-refractivity contribution in [2.24, 2.45) is 0 Å². The quantitative estimate of drug-likeness (QED) is 0.909. The maximum absolute atomic E-state index is 9.16. The molecule has 0 saturated carbocycles. The van der Waals surface area contributed by atoms with Gasteiger partial charge in [0.15, 0.2) is 0 Å². The Morgan fingerprint density at radius 2 is 2.16 bits per heavy atom. The smallest absolute Gasteiger partial charge is 0.103 e. The molecule has 0 amide bonds. The molecule has 0 spiro atoms. The molecule has 19 heavy (non-hydrogen) atoms. The third kappa shape index (κ3) is 3.10. The molecule has 0 aliphatic heterocycles. The maximum Gasteiger partial charge on any atom is 0.103 e. The average molecular weight is 255 g/mol. The van der Waals surface area contributed by atoms with Gasteiger partial charge in [-0.15, -0.1) is 0 Å². The third-order valence-corrected chi connectivity index (χ3v) is 2.86. The van der Waals surface area contributed by atoms with Crippen LogP contribution >= 0.6 is 0 Å².